The summed E-state index contributed by atoms with van der Waals surface area (Å²) in [6.07, 6.45) is 5.42. The number of hydrogen-bond acceptors (Lipinski definition) is 4. The average Bonchev–Trinajstić information content (AvgIpc) is 3.19. The van der Waals surface area contributed by atoms with E-state index >= 15 is 0 Å². The predicted octanol–water partition coefficient (Wildman–Crippen LogP) is 2.75. The first-order chi connectivity index (χ1) is 12.7. The van der Waals surface area contributed by atoms with E-state index in [-0.39, 0.29) is 5.91 Å². The van der Waals surface area contributed by atoms with E-state index in [1.54, 1.807) is 25.7 Å². The lowest BCUT2D eigenvalue weighted by molar-refractivity contribution is 0.0947. The molecule has 0 saturated carbocycles. The smallest absolute Gasteiger partial charge is 0.251 e. The highest BCUT2D eigenvalue weighted by Crippen LogP contribution is 2.18. The van der Waals surface area contributed by atoms with Crippen LogP contribution in [0.2, 0.25) is 0 Å². The van der Waals surface area contributed by atoms with Crippen molar-refractivity contribution in [3.05, 3.63) is 78.4 Å². The summed E-state index contributed by atoms with van der Waals surface area (Å²) in [5, 5.41) is 2.85. The first-order valence-corrected chi connectivity index (χ1v) is 8.34. The van der Waals surface area contributed by atoms with Crippen LogP contribution in [-0.4, -0.2) is 35.7 Å². The van der Waals surface area contributed by atoms with Crippen molar-refractivity contribution in [2.45, 2.75) is 6.54 Å². The molecule has 1 amide bonds. The Kier molecular flexibility index (Phi) is 5.88. The van der Waals surface area contributed by atoms with Crippen LogP contribution in [0.1, 0.15) is 15.9 Å². The average molecular weight is 351 g/mol. The van der Waals surface area contributed by atoms with Gasteiger partial charge >= 0.3 is 0 Å². The first kappa shape index (κ1) is 17.5. The molecule has 0 aliphatic heterocycles. The molecule has 1 N–H and O–H groups in total. The molecule has 0 radical (unpaired) electrons. The molecule has 6 nitrogen and oxygen atoms in total. The van der Waals surface area contributed by atoms with Crippen molar-refractivity contribution in [2.24, 2.45) is 0 Å². The van der Waals surface area contributed by atoms with Crippen LogP contribution in [0.15, 0.2) is 67.3 Å². The molecule has 1 aromatic heterocycles. The summed E-state index contributed by atoms with van der Waals surface area (Å²) < 4.78 is 12.7. The van der Waals surface area contributed by atoms with Crippen LogP contribution in [-0.2, 0) is 6.54 Å². The molecule has 6 heteroatoms. The van der Waals surface area contributed by atoms with E-state index in [1.807, 2.05) is 53.2 Å². The normalized spacial score (nSPS) is 10.3. The highest BCUT2D eigenvalue weighted by molar-refractivity contribution is 5.94. The van der Waals surface area contributed by atoms with Gasteiger partial charge in [0, 0.05) is 30.6 Å². The number of rotatable bonds is 8. The lowest BCUT2D eigenvalue weighted by Gasteiger charge is -2.09. The van der Waals surface area contributed by atoms with Crippen LogP contribution < -0.4 is 14.8 Å². The molecular weight excluding hydrogens is 330 g/mol. The van der Waals surface area contributed by atoms with E-state index in [2.05, 4.69) is 10.3 Å². The van der Waals surface area contributed by atoms with Gasteiger partial charge in [-0.15, -0.1) is 0 Å². The minimum atomic E-state index is -0.117. The molecule has 1 heterocycles. The second-order valence-electron chi connectivity index (χ2n) is 5.72. The van der Waals surface area contributed by atoms with Gasteiger partial charge in [0.15, 0.2) is 0 Å². The highest BCUT2D eigenvalue weighted by atomic mass is 16.5. The molecule has 2 aromatic carbocycles. The van der Waals surface area contributed by atoms with E-state index in [0.29, 0.717) is 24.5 Å². The molecular formula is C20H21N3O3. The Morgan fingerprint density at radius 2 is 1.96 bits per heavy atom. The summed E-state index contributed by atoms with van der Waals surface area (Å²) in [4.78, 5) is 16.2. The Bertz CT molecular complexity index is 830. The van der Waals surface area contributed by atoms with Crippen molar-refractivity contribution in [3.8, 4) is 11.5 Å². The molecule has 0 bridgehead atoms. The van der Waals surface area contributed by atoms with Gasteiger partial charge in [-0.1, -0.05) is 18.2 Å². The summed E-state index contributed by atoms with van der Waals surface area (Å²) in [5.74, 6) is 1.33. The topological polar surface area (TPSA) is 65.4 Å². The van der Waals surface area contributed by atoms with Crippen molar-refractivity contribution < 1.29 is 14.3 Å². The van der Waals surface area contributed by atoms with Gasteiger partial charge in [0.2, 0.25) is 0 Å². The zero-order chi connectivity index (χ0) is 18.2. The van der Waals surface area contributed by atoms with Crippen molar-refractivity contribution in [2.75, 3.05) is 20.3 Å². The number of carbonyl (C=O) groups is 1. The summed E-state index contributed by atoms with van der Waals surface area (Å²) in [5.41, 5.74) is 1.74. The summed E-state index contributed by atoms with van der Waals surface area (Å²) in [7, 11) is 1.61. The first-order valence-electron chi connectivity index (χ1n) is 8.34. The zero-order valence-corrected chi connectivity index (χ0v) is 14.6. The third-order valence-corrected chi connectivity index (χ3v) is 3.84. The number of carbonyl (C=O) groups excluding carboxylic acids is 1. The monoisotopic (exact) mass is 351 g/mol. The van der Waals surface area contributed by atoms with E-state index in [1.165, 1.54) is 0 Å². The van der Waals surface area contributed by atoms with Gasteiger partial charge in [0.1, 0.15) is 18.1 Å². The molecule has 134 valence electrons. The fourth-order valence-corrected chi connectivity index (χ4v) is 2.48. The molecule has 0 atom stereocenters. The minimum absolute atomic E-state index is 0.117. The van der Waals surface area contributed by atoms with E-state index in [0.717, 1.165) is 17.9 Å². The summed E-state index contributed by atoms with van der Waals surface area (Å²) in [6, 6.07) is 14.9. The van der Waals surface area contributed by atoms with Crippen LogP contribution in [0.5, 0.6) is 11.5 Å². The standard InChI is InChI=1S/C20H21N3O3/c1-25-18-3-2-4-19(13-18)26-12-10-22-20(24)17-7-5-16(6-8-17)14-23-11-9-21-15-23/h2-9,11,13,15H,10,12,14H2,1H3,(H,22,24). The van der Waals surface area contributed by atoms with E-state index in [9.17, 15) is 4.79 Å². The molecule has 0 saturated heterocycles. The molecule has 0 aliphatic rings. The number of aromatic nitrogens is 2. The Morgan fingerprint density at radius 3 is 2.69 bits per heavy atom. The van der Waals surface area contributed by atoms with Crippen LogP contribution in [0.4, 0.5) is 0 Å². The fourth-order valence-electron chi connectivity index (χ4n) is 2.48. The number of benzene rings is 2. The van der Waals surface area contributed by atoms with Gasteiger partial charge < -0.3 is 19.4 Å². The summed E-state index contributed by atoms with van der Waals surface area (Å²) >= 11 is 0. The lowest BCUT2D eigenvalue weighted by Crippen LogP contribution is -2.28. The second-order valence-corrected chi connectivity index (χ2v) is 5.72. The van der Waals surface area contributed by atoms with Crippen LogP contribution >= 0.6 is 0 Å². The van der Waals surface area contributed by atoms with Gasteiger partial charge in [-0.25, -0.2) is 4.98 Å². The van der Waals surface area contributed by atoms with Crippen molar-refractivity contribution in [1.82, 2.24) is 14.9 Å². The number of nitrogens with zero attached hydrogens (tertiary/aromatic N) is 2. The Balaban J connectivity index is 1.44. The van der Waals surface area contributed by atoms with Gasteiger partial charge in [-0.2, -0.15) is 0 Å². The maximum atomic E-state index is 12.2. The number of nitrogens with one attached hydrogen (secondary N) is 1. The molecule has 3 rings (SSSR count). The molecule has 0 spiro atoms. The number of ether oxygens (including phenoxy) is 2. The van der Waals surface area contributed by atoms with E-state index < -0.39 is 0 Å². The largest absolute Gasteiger partial charge is 0.497 e. The van der Waals surface area contributed by atoms with Crippen molar-refractivity contribution in [1.29, 1.82) is 0 Å². The van der Waals surface area contributed by atoms with E-state index in [4.69, 9.17) is 9.47 Å². The quantitative estimate of drug-likeness (QED) is 0.634. The highest BCUT2D eigenvalue weighted by Gasteiger charge is 2.05. The lowest BCUT2D eigenvalue weighted by atomic mass is 10.1. The van der Waals surface area contributed by atoms with Crippen LogP contribution in [0, 0.1) is 0 Å². The van der Waals surface area contributed by atoms with Gasteiger partial charge in [-0.3, -0.25) is 4.79 Å². The van der Waals surface area contributed by atoms with Gasteiger partial charge in [-0.05, 0) is 29.8 Å². The Hall–Kier alpha value is -3.28. The van der Waals surface area contributed by atoms with Crippen molar-refractivity contribution >= 4 is 5.91 Å². The summed E-state index contributed by atoms with van der Waals surface area (Å²) in [6.45, 7) is 1.54. The molecule has 3 aromatic rings. The SMILES string of the molecule is COc1cccc(OCCNC(=O)c2ccc(Cn3ccnc3)cc2)c1. The second kappa shape index (κ2) is 8.71. The van der Waals surface area contributed by atoms with Gasteiger partial charge in [0.25, 0.3) is 5.91 Å². The van der Waals surface area contributed by atoms with Crippen molar-refractivity contribution in [3.63, 3.8) is 0 Å². The molecule has 0 unspecified atom stereocenters. The maximum absolute atomic E-state index is 12.2. The van der Waals surface area contributed by atoms with Crippen LogP contribution in [0.25, 0.3) is 0 Å². The number of hydrogen-bond donors (Lipinski definition) is 1. The van der Waals surface area contributed by atoms with Gasteiger partial charge in [0.05, 0.1) is 20.0 Å². The third kappa shape index (κ3) is 4.86. The number of methoxy groups -OCH3 is 1. The molecule has 0 aliphatic carbocycles. The Morgan fingerprint density at radius 1 is 1.15 bits per heavy atom. The third-order valence-electron chi connectivity index (χ3n) is 3.84. The fraction of sp³-hybridized carbons (Fsp3) is 0.200. The Labute approximate surface area is 152 Å². The number of imidazole rings is 1. The van der Waals surface area contributed by atoms with Crippen LogP contribution in [0.3, 0.4) is 0 Å². The minimum Gasteiger partial charge on any atom is -0.497 e. The molecule has 26 heavy (non-hydrogen) atoms. The number of amides is 1. The predicted molar refractivity (Wildman–Crippen MR) is 98.6 cm³/mol. The maximum Gasteiger partial charge on any atom is 0.251 e. The zero-order valence-electron chi connectivity index (χ0n) is 14.6. The molecule has 0 fully saturated rings.